The van der Waals surface area contributed by atoms with E-state index in [0.717, 1.165) is 16.6 Å². The predicted molar refractivity (Wildman–Crippen MR) is 120 cm³/mol. The van der Waals surface area contributed by atoms with Crippen LogP contribution in [0.1, 0.15) is 47.0 Å². The summed E-state index contributed by atoms with van der Waals surface area (Å²) in [5, 5.41) is 6.83. The van der Waals surface area contributed by atoms with Crippen molar-refractivity contribution < 1.29 is 24.0 Å². The van der Waals surface area contributed by atoms with Gasteiger partial charge in [0, 0.05) is 30.2 Å². The van der Waals surface area contributed by atoms with E-state index in [0.29, 0.717) is 12.8 Å². The Kier molecular flexibility index (Phi) is 8.93. The number of carbonyl (C=O) groups is 3. The highest BCUT2D eigenvalue weighted by atomic mass is 32.2. The molecule has 0 aromatic carbocycles. The number of nitrogens with zero attached hydrogens (tertiary/aromatic N) is 1. The number of nitrogens with one attached hydrogen (secondary N) is 2. The number of hydroxylamine groups is 2. The SMILES string of the molecule is CON(C)C(=O)C(NC(C)=O)[C@@H]1CC(=C2SCCCS2)C[C@H]1NC(=O)OC(C)(C)C. The summed E-state index contributed by atoms with van der Waals surface area (Å²) in [7, 11) is 2.91. The molecule has 2 rings (SSSR count). The summed E-state index contributed by atoms with van der Waals surface area (Å²) in [5.41, 5.74) is 0.594. The molecule has 8 nitrogen and oxygen atoms in total. The second kappa shape index (κ2) is 10.8. The Bertz CT molecular complexity index is 684. The van der Waals surface area contributed by atoms with E-state index >= 15 is 0 Å². The molecule has 2 fully saturated rings. The van der Waals surface area contributed by atoms with Gasteiger partial charge in [0.05, 0.1) is 7.11 Å². The van der Waals surface area contributed by atoms with E-state index in [2.05, 4.69) is 10.6 Å². The van der Waals surface area contributed by atoms with E-state index in [1.54, 1.807) is 20.8 Å². The van der Waals surface area contributed by atoms with Crippen molar-refractivity contribution >= 4 is 41.4 Å². The van der Waals surface area contributed by atoms with Crippen LogP contribution in [-0.2, 0) is 19.2 Å². The van der Waals surface area contributed by atoms with E-state index in [9.17, 15) is 14.4 Å². The molecule has 10 heteroatoms. The van der Waals surface area contributed by atoms with Crippen LogP contribution in [0.3, 0.4) is 0 Å². The molecule has 1 unspecified atom stereocenters. The first-order valence-corrected chi connectivity index (χ1v) is 12.0. The molecule has 0 radical (unpaired) electrons. The lowest BCUT2D eigenvalue weighted by atomic mass is 9.93. The summed E-state index contributed by atoms with van der Waals surface area (Å²) in [6, 6.07) is -1.15. The number of amides is 3. The van der Waals surface area contributed by atoms with Gasteiger partial charge in [-0.25, -0.2) is 9.86 Å². The topological polar surface area (TPSA) is 97.0 Å². The van der Waals surface area contributed by atoms with Gasteiger partial charge in [-0.15, -0.1) is 23.5 Å². The number of hydrogen-bond donors (Lipinski definition) is 2. The van der Waals surface area contributed by atoms with Gasteiger partial charge in [-0.3, -0.25) is 14.4 Å². The second-order valence-electron chi connectivity index (χ2n) is 8.46. The fraction of sp³-hybridized carbons (Fsp3) is 0.750. The molecule has 3 amide bonds. The third-order valence-electron chi connectivity index (χ3n) is 4.85. The molecule has 30 heavy (non-hydrogen) atoms. The van der Waals surface area contributed by atoms with Crippen molar-refractivity contribution in [3.63, 3.8) is 0 Å². The van der Waals surface area contributed by atoms with Gasteiger partial charge in [0.2, 0.25) is 5.91 Å². The summed E-state index contributed by atoms with van der Waals surface area (Å²) in [4.78, 5) is 42.4. The Balaban J connectivity index is 2.31. The van der Waals surface area contributed by atoms with Crippen molar-refractivity contribution in [2.45, 2.75) is 64.6 Å². The summed E-state index contributed by atoms with van der Waals surface area (Å²) >= 11 is 3.66. The maximum Gasteiger partial charge on any atom is 0.407 e. The molecule has 1 aliphatic carbocycles. The quantitative estimate of drug-likeness (QED) is 0.610. The number of alkyl carbamates (subject to hydrolysis) is 1. The zero-order valence-corrected chi connectivity index (χ0v) is 20.2. The van der Waals surface area contributed by atoms with Crippen LogP contribution in [0.5, 0.6) is 0 Å². The van der Waals surface area contributed by atoms with Gasteiger partial charge in [-0.05, 0) is 57.1 Å². The fourth-order valence-corrected chi connectivity index (χ4v) is 6.26. The third kappa shape index (κ3) is 7.09. The van der Waals surface area contributed by atoms with Gasteiger partial charge in [0.25, 0.3) is 5.91 Å². The van der Waals surface area contributed by atoms with Crippen molar-refractivity contribution in [3.8, 4) is 0 Å². The van der Waals surface area contributed by atoms with Crippen LogP contribution in [0.2, 0.25) is 0 Å². The Morgan fingerprint density at radius 1 is 1.17 bits per heavy atom. The minimum absolute atomic E-state index is 0.308. The van der Waals surface area contributed by atoms with Crippen LogP contribution in [0.4, 0.5) is 4.79 Å². The van der Waals surface area contributed by atoms with Crippen LogP contribution in [0.15, 0.2) is 9.81 Å². The highest BCUT2D eigenvalue weighted by Crippen LogP contribution is 2.45. The minimum Gasteiger partial charge on any atom is -0.444 e. The van der Waals surface area contributed by atoms with E-state index < -0.39 is 17.7 Å². The first kappa shape index (κ1) is 24.9. The lowest BCUT2D eigenvalue weighted by molar-refractivity contribution is -0.173. The lowest BCUT2D eigenvalue weighted by Gasteiger charge is -2.31. The van der Waals surface area contributed by atoms with Gasteiger partial charge < -0.3 is 15.4 Å². The van der Waals surface area contributed by atoms with Crippen LogP contribution < -0.4 is 10.6 Å². The summed E-state index contributed by atoms with van der Waals surface area (Å²) in [6.07, 6.45) is 1.88. The van der Waals surface area contributed by atoms with Crippen molar-refractivity contribution in [2.24, 2.45) is 5.92 Å². The number of carbonyl (C=O) groups excluding carboxylic acids is 3. The van der Waals surface area contributed by atoms with Crippen molar-refractivity contribution in [1.29, 1.82) is 0 Å². The zero-order valence-electron chi connectivity index (χ0n) is 18.6. The molecular weight excluding hydrogens is 426 g/mol. The standard InChI is InChI=1S/C20H33N3O5S2/c1-12(24)21-16(17(25)23(5)27-6)14-10-13(18-29-8-7-9-30-18)11-15(14)22-19(26)28-20(2,3)4/h14-16H,7-11H2,1-6H3,(H,21,24)(H,22,26)/t14-,15-,16?/m1/s1. The normalized spacial score (nSPS) is 23.0. The van der Waals surface area contributed by atoms with Crippen molar-refractivity contribution in [1.82, 2.24) is 15.7 Å². The number of rotatable bonds is 5. The second-order valence-corrected chi connectivity index (χ2v) is 10.9. The average Bonchev–Trinajstić information content (AvgIpc) is 3.07. The molecule has 1 aliphatic heterocycles. The molecular formula is C20H33N3O5S2. The van der Waals surface area contributed by atoms with Crippen LogP contribution in [0, 0.1) is 5.92 Å². The molecule has 0 spiro atoms. The highest BCUT2D eigenvalue weighted by Gasteiger charge is 2.43. The number of thioether (sulfide) groups is 2. The number of ether oxygens (including phenoxy) is 1. The average molecular weight is 460 g/mol. The summed E-state index contributed by atoms with van der Waals surface area (Å²) < 4.78 is 6.71. The van der Waals surface area contributed by atoms with Gasteiger partial charge in [-0.2, -0.15) is 0 Å². The summed E-state index contributed by atoms with van der Waals surface area (Å²) in [5.74, 6) is 1.17. The van der Waals surface area contributed by atoms with Gasteiger partial charge >= 0.3 is 6.09 Å². The van der Waals surface area contributed by atoms with E-state index in [4.69, 9.17) is 9.57 Å². The van der Waals surface area contributed by atoms with Gasteiger partial charge in [0.1, 0.15) is 11.6 Å². The predicted octanol–water partition coefficient (Wildman–Crippen LogP) is 2.90. The molecule has 3 atom stereocenters. The molecule has 2 aliphatic rings. The Morgan fingerprint density at radius 2 is 1.80 bits per heavy atom. The molecule has 170 valence electrons. The van der Waals surface area contributed by atoms with E-state index in [-0.39, 0.29) is 23.8 Å². The number of hydrogen-bond acceptors (Lipinski definition) is 7. The van der Waals surface area contributed by atoms with E-state index in [1.165, 1.54) is 37.3 Å². The Labute approximate surface area is 187 Å². The Morgan fingerprint density at radius 3 is 2.33 bits per heavy atom. The van der Waals surface area contributed by atoms with Gasteiger partial charge in [0.15, 0.2) is 0 Å². The first-order chi connectivity index (χ1) is 14.0. The molecule has 0 aromatic heterocycles. The molecule has 1 saturated heterocycles. The minimum atomic E-state index is -0.816. The van der Waals surface area contributed by atoms with E-state index in [1.807, 2.05) is 23.5 Å². The summed E-state index contributed by atoms with van der Waals surface area (Å²) in [6.45, 7) is 6.79. The van der Waals surface area contributed by atoms with Crippen molar-refractivity contribution in [2.75, 3.05) is 25.7 Å². The monoisotopic (exact) mass is 459 g/mol. The maximum atomic E-state index is 13.0. The van der Waals surface area contributed by atoms with Gasteiger partial charge in [-0.1, -0.05) is 0 Å². The fourth-order valence-electron chi connectivity index (χ4n) is 3.55. The lowest BCUT2D eigenvalue weighted by Crippen LogP contribution is -2.55. The molecule has 0 bridgehead atoms. The number of likely N-dealkylation sites (N-methyl/N-ethyl adjacent to an activating group) is 1. The third-order valence-corrected chi connectivity index (χ3v) is 7.64. The van der Waals surface area contributed by atoms with Crippen LogP contribution >= 0.6 is 23.5 Å². The molecule has 1 heterocycles. The zero-order chi connectivity index (χ0) is 22.5. The van der Waals surface area contributed by atoms with Crippen molar-refractivity contribution in [3.05, 3.63) is 9.81 Å². The van der Waals surface area contributed by atoms with Crippen LogP contribution in [0.25, 0.3) is 0 Å². The molecule has 1 saturated carbocycles. The highest BCUT2D eigenvalue weighted by molar-refractivity contribution is 8.22. The van der Waals surface area contributed by atoms with Crippen LogP contribution in [-0.4, -0.2) is 66.3 Å². The first-order valence-electron chi connectivity index (χ1n) is 10.1. The smallest absolute Gasteiger partial charge is 0.407 e. The largest absolute Gasteiger partial charge is 0.444 e. The Hall–Kier alpha value is -1.39. The maximum absolute atomic E-state index is 13.0. The molecule has 0 aromatic rings. The molecule has 2 N–H and O–H groups in total.